The first-order valence-electron chi connectivity index (χ1n) is 7.14. The SMILES string of the molecule is COC(=O)c1ccc(-c2nc(N(C)c3cn[nH]c3)ncc2F)cc1F. The van der Waals surface area contributed by atoms with Crippen molar-refractivity contribution >= 4 is 17.6 Å². The van der Waals surface area contributed by atoms with Crippen LogP contribution in [0.25, 0.3) is 11.3 Å². The van der Waals surface area contributed by atoms with Gasteiger partial charge in [-0.2, -0.15) is 5.10 Å². The molecule has 0 atom stereocenters. The van der Waals surface area contributed by atoms with Crippen LogP contribution < -0.4 is 4.90 Å². The number of methoxy groups -OCH3 is 1. The fourth-order valence-corrected chi connectivity index (χ4v) is 2.20. The molecule has 0 saturated carbocycles. The van der Waals surface area contributed by atoms with Gasteiger partial charge in [0.2, 0.25) is 5.95 Å². The van der Waals surface area contributed by atoms with Crippen molar-refractivity contribution in [3.63, 3.8) is 0 Å². The van der Waals surface area contributed by atoms with E-state index < -0.39 is 17.6 Å². The van der Waals surface area contributed by atoms with Gasteiger partial charge in [-0.1, -0.05) is 6.07 Å². The molecule has 0 aliphatic heterocycles. The molecule has 0 radical (unpaired) electrons. The first-order chi connectivity index (χ1) is 12.0. The molecule has 3 aromatic rings. The number of nitrogens with one attached hydrogen (secondary N) is 1. The summed E-state index contributed by atoms with van der Waals surface area (Å²) in [6.07, 6.45) is 4.18. The maximum atomic E-state index is 14.1. The van der Waals surface area contributed by atoms with E-state index in [0.717, 1.165) is 19.4 Å². The molecule has 3 rings (SSSR count). The summed E-state index contributed by atoms with van der Waals surface area (Å²) in [7, 11) is 2.83. The molecular formula is C16H13F2N5O2. The molecule has 7 nitrogen and oxygen atoms in total. The summed E-state index contributed by atoms with van der Waals surface area (Å²) >= 11 is 0. The molecule has 1 N–H and O–H groups in total. The van der Waals surface area contributed by atoms with Gasteiger partial charge in [-0.15, -0.1) is 0 Å². The Balaban J connectivity index is 2.01. The second kappa shape index (κ2) is 6.63. The third kappa shape index (κ3) is 3.16. The number of halogens is 2. The molecule has 0 saturated heterocycles. The number of hydrogen-bond donors (Lipinski definition) is 1. The number of aromatic amines is 1. The van der Waals surface area contributed by atoms with Gasteiger partial charge in [0.15, 0.2) is 5.82 Å². The molecule has 25 heavy (non-hydrogen) atoms. The summed E-state index contributed by atoms with van der Waals surface area (Å²) in [5.74, 6) is -2.15. The molecule has 0 amide bonds. The minimum Gasteiger partial charge on any atom is -0.465 e. The summed E-state index contributed by atoms with van der Waals surface area (Å²) < 4.78 is 32.7. The van der Waals surface area contributed by atoms with E-state index in [1.54, 1.807) is 24.3 Å². The molecule has 2 heterocycles. The first kappa shape index (κ1) is 16.5. The van der Waals surface area contributed by atoms with E-state index in [4.69, 9.17) is 0 Å². The maximum absolute atomic E-state index is 14.1. The van der Waals surface area contributed by atoms with E-state index in [-0.39, 0.29) is 22.8 Å². The van der Waals surface area contributed by atoms with Crippen LogP contribution in [0.4, 0.5) is 20.4 Å². The lowest BCUT2D eigenvalue weighted by atomic mass is 10.1. The quantitative estimate of drug-likeness (QED) is 0.732. The number of H-pyrrole nitrogens is 1. The minimum atomic E-state index is -0.827. The van der Waals surface area contributed by atoms with Gasteiger partial charge in [-0.05, 0) is 12.1 Å². The summed E-state index contributed by atoms with van der Waals surface area (Å²) in [4.78, 5) is 21.1. The van der Waals surface area contributed by atoms with Crippen LogP contribution in [0, 0.1) is 11.6 Å². The molecule has 2 aromatic heterocycles. The highest BCUT2D eigenvalue weighted by Gasteiger charge is 2.17. The Morgan fingerprint density at radius 3 is 2.68 bits per heavy atom. The van der Waals surface area contributed by atoms with Crippen molar-refractivity contribution in [3.8, 4) is 11.3 Å². The van der Waals surface area contributed by atoms with E-state index in [1.807, 2.05) is 0 Å². The van der Waals surface area contributed by atoms with Gasteiger partial charge in [-0.3, -0.25) is 5.10 Å². The highest BCUT2D eigenvalue weighted by molar-refractivity contribution is 5.90. The standard InChI is InChI=1S/C16H13F2N5O2/c1-23(10-6-20-21-7-10)16-19-8-13(18)14(22-16)9-3-4-11(12(17)5-9)15(24)25-2/h3-8H,1-2H3,(H,20,21). The number of benzene rings is 1. The van der Waals surface area contributed by atoms with E-state index in [2.05, 4.69) is 24.9 Å². The van der Waals surface area contributed by atoms with Crippen LogP contribution in [0.3, 0.4) is 0 Å². The summed E-state index contributed by atoms with van der Waals surface area (Å²) in [5.41, 5.74) is 0.517. The summed E-state index contributed by atoms with van der Waals surface area (Å²) in [6.45, 7) is 0. The number of nitrogens with zero attached hydrogens (tertiary/aromatic N) is 4. The Morgan fingerprint density at radius 1 is 1.24 bits per heavy atom. The van der Waals surface area contributed by atoms with Crippen molar-refractivity contribution in [3.05, 3.63) is 54.0 Å². The van der Waals surface area contributed by atoms with Crippen molar-refractivity contribution in [1.29, 1.82) is 0 Å². The van der Waals surface area contributed by atoms with Crippen molar-refractivity contribution in [1.82, 2.24) is 20.2 Å². The maximum Gasteiger partial charge on any atom is 0.340 e. The minimum absolute atomic E-state index is 0.0874. The van der Waals surface area contributed by atoms with Crippen LogP contribution in [0.15, 0.2) is 36.8 Å². The Kier molecular flexibility index (Phi) is 4.38. The van der Waals surface area contributed by atoms with E-state index >= 15 is 0 Å². The topological polar surface area (TPSA) is 84.0 Å². The predicted octanol–water partition coefficient (Wildman–Crippen LogP) is 2.70. The third-order valence-electron chi connectivity index (χ3n) is 3.55. The first-order valence-corrected chi connectivity index (χ1v) is 7.14. The molecule has 0 spiro atoms. The van der Waals surface area contributed by atoms with Crippen LogP contribution in [0.2, 0.25) is 0 Å². The van der Waals surface area contributed by atoms with Crippen molar-refractivity contribution in [2.45, 2.75) is 0 Å². The average Bonchev–Trinajstić information content (AvgIpc) is 3.15. The van der Waals surface area contributed by atoms with Gasteiger partial charge >= 0.3 is 5.97 Å². The zero-order valence-electron chi connectivity index (χ0n) is 13.3. The Labute approximate surface area is 141 Å². The highest BCUT2D eigenvalue weighted by Crippen LogP contribution is 2.26. The van der Waals surface area contributed by atoms with Crippen LogP contribution in [0.1, 0.15) is 10.4 Å². The van der Waals surface area contributed by atoms with Gasteiger partial charge in [-0.25, -0.2) is 23.5 Å². The van der Waals surface area contributed by atoms with Gasteiger partial charge in [0.1, 0.15) is 11.5 Å². The zero-order valence-corrected chi connectivity index (χ0v) is 13.3. The largest absolute Gasteiger partial charge is 0.465 e. The number of aromatic nitrogens is 4. The van der Waals surface area contributed by atoms with Gasteiger partial charge in [0.05, 0.1) is 30.8 Å². The number of carbonyl (C=O) groups excluding carboxylic acids is 1. The molecular weight excluding hydrogens is 332 g/mol. The molecule has 0 unspecified atom stereocenters. The number of carbonyl (C=O) groups is 1. The van der Waals surface area contributed by atoms with E-state index in [1.165, 1.54) is 12.1 Å². The molecule has 1 aromatic carbocycles. The van der Waals surface area contributed by atoms with Gasteiger partial charge in [0, 0.05) is 18.8 Å². The second-order valence-corrected chi connectivity index (χ2v) is 5.07. The normalized spacial score (nSPS) is 10.6. The lowest BCUT2D eigenvalue weighted by molar-refractivity contribution is 0.0595. The molecule has 128 valence electrons. The molecule has 0 aliphatic rings. The third-order valence-corrected chi connectivity index (χ3v) is 3.55. The lowest BCUT2D eigenvalue weighted by Gasteiger charge is -2.15. The van der Waals surface area contributed by atoms with Crippen LogP contribution in [-0.4, -0.2) is 40.3 Å². The summed E-state index contributed by atoms with van der Waals surface area (Å²) in [6, 6.07) is 3.64. The Bertz CT molecular complexity index is 915. The Hall–Kier alpha value is -3.36. The van der Waals surface area contributed by atoms with Crippen molar-refractivity contribution in [2.24, 2.45) is 0 Å². The van der Waals surface area contributed by atoms with Crippen LogP contribution in [-0.2, 0) is 4.74 Å². The number of hydrogen-bond acceptors (Lipinski definition) is 6. The average molecular weight is 345 g/mol. The highest BCUT2D eigenvalue weighted by atomic mass is 19.1. The van der Waals surface area contributed by atoms with Crippen molar-refractivity contribution < 1.29 is 18.3 Å². The molecule has 9 heteroatoms. The van der Waals surface area contributed by atoms with Crippen molar-refractivity contribution in [2.75, 3.05) is 19.1 Å². The predicted molar refractivity (Wildman–Crippen MR) is 85.4 cm³/mol. The fourth-order valence-electron chi connectivity index (χ4n) is 2.20. The number of esters is 1. The van der Waals surface area contributed by atoms with Crippen LogP contribution in [0.5, 0.6) is 0 Å². The number of rotatable bonds is 4. The van der Waals surface area contributed by atoms with Gasteiger partial charge < -0.3 is 9.64 Å². The second-order valence-electron chi connectivity index (χ2n) is 5.07. The van der Waals surface area contributed by atoms with Gasteiger partial charge in [0.25, 0.3) is 0 Å². The smallest absolute Gasteiger partial charge is 0.340 e. The molecule has 0 aliphatic carbocycles. The van der Waals surface area contributed by atoms with E-state index in [0.29, 0.717) is 5.69 Å². The van der Waals surface area contributed by atoms with Crippen LogP contribution >= 0.6 is 0 Å². The summed E-state index contributed by atoms with van der Waals surface area (Å²) in [5, 5.41) is 6.48. The lowest BCUT2D eigenvalue weighted by Crippen LogP contribution is -2.13. The van der Waals surface area contributed by atoms with E-state index in [9.17, 15) is 13.6 Å². The monoisotopic (exact) mass is 345 g/mol. The Morgan fingerprint density at radius 2 is 2.04 bits per heavy atom. The zero-order chi connectivity index (χ0) is 18.0. The molecule has 0 fully saturated rings. The number of ether oxygens (including phenoxy) is 1. The number of anilines is 2. The fraction of sp³-hybridized carbons (Fsp3) is 0.125. The molecule has 0 bridgehead atoms.